The van der Waals surface area contributed by atoms with Gasteiger partial charge in [-0.25, -0.2) is 0 Å². The van der Waals surface area contributed by atoms with Gasteiger partial charge in [0.2, 0.25) is 0 Å². The highest BCUT2D eigenvalue weighted by Crippen LogP contribution is 2.60. The topological polar surface area (TPSA) is 57.5 Å². The molecule has 0 radical (unpaired) electrons. The third-order valence-electron chi connectivity index (χ3n) is 5.17. The van der Waals surface area contributed by atoms with E-state index in [1.807, 2.05) is 6.08 Å². The van der Waals surface area contributed by atoms with Gasteiger partial charge in [0.05, 0.1) is 11.7 Å². The summed E-state index contributed by atoms with van der Waals surface area (Å²) in [5.74, 6) is 0.544. The van der Waals surface area contributed by atoms with Crippen molar-refractivity contribution < 1.29 is 15.0 Å². The smallest absolute Gasteiger partial charge is 0.155 e. The van der Waals surface area contributed by atoms with Crippen LogP contribution in [0.25, 0.3) is 0 Å². The maximum absolute atomic E-state index is 11.4. The van der Waals surface area contributed by atoms with E-state index < -0.39 is 11.7 Å². The second-order valence-corrected chi connectivity index (χ2v) is 5.91. The van der Waals surface area contributed by atoms with Gasteiger partial charge in [-0.3, -0.25) is 4.79 Å². The number of ketones is 1. The highest BCUT2D eigenvalue weighted by Gasteiger charge is 2.62. The first-order chi connectivity index (χ1) is 7.47. The molecular weight excluding hydrogens is 204 g/mol. The monoisotopic (exact) mass is 222 g/mol. The molecule has 3 fully saturated rings. The van der Waals surface area contributed by atoms with E-state index >= 15 is 0 Å². The summed E-state index contributed by atoms with van der Waals surface area (Å²) in [6.45, 7) is 1.74. The Bertz CT molecular complexity index is 371. The Morgan fingerprint density at radius 2 is 2.19 bits per heavy atom. The van der Waals surface area contributed by atoms with Gasteiger partial charge in [-0.05, 0) is 44.1 Å². The molecule has 3 nitrogen and oxygen atoms in total. The first-order valence-electron chi connectivity index (χ1n) is 6.09. The van der Waals surface area contributed by atoms with Crippen LogP contribution in [-0.4, -0.2) is 27.7 Å². The number of allylic oxidation sites excluding steroid dienone is 1. The third kappa shape index (κ3) is 1.08. The average Bonchev–Trinajstić information content (AvgIpc) is 2.25. The molecule has 4 aliphatic rings. The molecule has 5 atom stereocenters. The maximum Gasteiger partial charge on any atom is 0.155 e. The minimum atomic E-state index is -0.987. The fourth-order valence-corrected chi connectivity index (χ4v) is 4.11. The van der Waals surface area contributed by atoms with Gasteiger partial charge in [-0.15, -0.1) is 0 Å². The lowest BCUT2D eigenvalue weighted by atomic mass is 9.47. The Morgan fingerprint density at radius 3 is 2.94 bits per heavy atom. The van der Waals surface area contributed by atoms with Gasteiger partial charge in [0.1, 0.15) is 0 Å². The van der Waals surface area contributed by atoms with Crippen molar-refractivity contribution in [2.45, 2.75) is 44.3 Å². The molecule has 2 N–H and O–H groups in total. The lowest BCUT2D eigenvalue weighted by Gasteiger charge is -2.61. The largest absolute Gasteiger partial charge is 0.389 e. The molecule has 0 aromatic heterocycles. The van der Waals surface area contributed by atoms with Crippen LogP contribution >= 0.6 is 0 Å². The second kappa shape index (κ2) is 2.96. The predicted molar refractivity (Wildman–Crippen MR) is 58.7 cm³/mol. The lowest BCUT2D eigenvalue weighted by molar-refractivity contribution is -0.223. The Morgan fingerprint density at radius 1 is 1.44 bits per heavy atom. The van der Waals surface area contributed by atoms with Crippen LogP contribution in [0.4, 0.5) is 0 Å². The molecule has 2 bridgehead atoms. The summed E-state index contributed by atoms with van der Waals surface area (Å²) < 4.78 is 0. The fourth-order valence-electron chi connectivity index (χ4n) is 4.11. The van der Waals surface area contributed by atoms with Crippen molar-refractivity contribution in [3.8, 4) is 0 Å². The molecule has 1 spiro atoms. The van der Waals surface area contributed by atoms with Crippen LogP contribution in [0.2, 0.25) is 0 Å². The van der Waals surface area contributed by atoms with E-state index in [0.717, 1.165) is 19.3 Å². The molecule has 1 unspecified atom stereocenters. The van der Waals surface area contributed by atoms with Gasteiger partial charge in [-0.2, -0.15) is 0 Å². The van der Waals surface area contributed by atoms with E-state index in [1.165, 1.54) is 0 Å². The van der Waals surface area contributed by atoms with E-state index in [9.17, 15) is 15.0 Å². The van der Waals surface area contributed by atoms with Crippen LogP contribution in [0.5, 0.6) is 0 Å². The summed E-state index contributed by atoms with van der Waals surface area (Å²) >= 11 is 0. The third-order valence-corrected chi connectivity index (χ3v) is 5.17. The van der Waals surface area contributed by atoms with Crippen LogP contribution in [0.3, 0.4) is 0 Å². The minimum absolute atomic E-state index is 0.147. The Labute approximate surface area is 95.2 Å². The molecule has 0 aromatic rings. The Kier molecular flexibility index (Phi) is 1.94. The highest BCUT2D eigenvalue weighted by atomic mass is 16.3. The number of rotatable bonds is 0. The normalized spacial score (nSPS) is 55.2. The van der Waals surface area contributed by atoms with Gasteiger partial charge in [0, 0.05) is 11.8 Å². The molecule has 3 heteroatoms. The fraction of sp³-hybridized carbons (Fsp3) is 0.769. The lowest BCUT2D eigenvalue weighted by Crippen LogP contribution is -2.65. The summed E-state index contributed by atoms with van der Waals surface area (Å²) in [6, 6.07) is 0. The number of carbonyl (C=O) groups is 1. The van der Waals surface area contributed by atoms with E-state index in [4.69, 9.17) is 0 Å². The maximum atomic E-state index is 11.4. The zero-order valence-electron chi connectivity index (χ0n) is 9.52. The number of aliphatic hydroxyl groups is 2. The first-order valence-corrected chi connectivity index (χ1v) is 6.09. The molecule has 16 heavy (non-hydrogen) atoms. The zero-order valence-corrected chi connectivity index (χ0v) is 9.52. The van der Waals surface area contributed by atoms with Crippen LogP contribution < -0.4 is 0 Å². The van der Waals surface area contributed by atoms with Crippen LogP contribution in [-0.2, 0) is 4.79 Å². The van der Waals surface area contributed by atoms with Crippen molar-refractivity contribution in [1.29, 1.82) is 0 Å². The molecule has 4 aliphatic carbocycles. The van der Waals surface area contributed by atoms with Gasteiger partial charge < -0.3 is 10.2 Å². The SMILES string of the molecule is C[C@]1(O)[C@H]2CC[C@@]3(C=CC(=O)CC3C2)[C@H]1O. The molecule has 4 rings (SSSR count). The van der Waals surface area contributed by atoms with Gasteiger partial charge in [-0.1, -0.05) is 6.08 Å². The number of hydrogen-bond donors (Lipinski definition) is 2. The van der Waals surface area contributed by atoms with Gasteiger partial charge in [0.25, 0.3) is 0 Å². The average molecular weight is 222 g/mol. The number of carbonyl (C=O) groups excluding carboxylic acids is 1. The first kappa shape index (κ1) is 10.5. The minimum Gasteiger partial charge on any atom is -0.389 e. The molecule has 0 aromatic carbocycles. The number of fused-ring (bicyclic) bond motifs is 2. The highest BCUT2D eigenvalue weighted by molar-refractivity contribution is 5.91. The van der Waals surface area contributed by atoms with Crippen molar-refractivity contribution in [3.63, 3.8) is 0 Å². The van der Waals surface area contributed by atoms with Crippen molar-refractivity contribution in [2.75, 3.05) is 0 Å². The summed E-state index contributed by atoms with van der Waals surface area (Å²) in [7, 11) is 0. The Hall–Kier alpha value is -0.670. The van der Waals surface area contributed by atoms with E-state index in [2.05, 4.69) is 0 Å². The quantitative estimate of drug-likeness (QED) is 0.644. The summed E-state index contributed by atoms with van der Waals surface area (Å²) in [5.41, 5.74) is -1.33. The van der Waals surface area contributed by atoms with Crippen molar-refractivity contribution >= 4 is 5.78 Å². The second-order valence-electron chi connectivity index (χ2n) is 5.91. The van der Waals surface area contributed by atoms with E-state index in [-0.39, 0.29) is 23.0 Å². The number of aliphatic hydroxyl groups excluding tert-OH is 1. The molecule has 88 valence electrons. The van der Waals surface area contributed by atoms with Crippen LogP contribution in [0, 0.1) is 17.3 Å². The molecular formula is C13H18O3. The summed E-state index contributed by atoms with van der Waals surface area (Å²) in [5, 5.41) is 20.8. The Balaban J connectivity index is 2.07. The van der Waals surface area contributed by atoms with Crippen molar-refractivity contribution in [1.82, 2.24) is 0 Å². The van der Waals surface area contributed by atoms with Crippen molar-refractivity contribution in [3.05, 3.63) is 12.2 Å². The summed E-state index contributed by atoms with van der Waals surface area (Å²) in [4.78, 5) is 11.4. The van der Waals surface area contributed by atoms with Crippen molar-refractivity contribution in [2.24, 2.45) is 17.3 Å². The predicted octanol–water partition coefficient (Wildman–Crippen LogP) is 1.04. The standard InChI is InChI=1S/C13H18O3/c1-12(16)8-2-4-13(11(12)15)5-3-10(14)7-9(13)6-8/h3,5,8-9,11,15-16H,2,4,6-7H2,1H3/t8-,9?,11-,12-,13-/m0/s1. The van der Waals surface area contributed by atoms with Gasteiger partial charge >= 0.3 is 0 Å². The zero-order chi connectivity index (χ0) is 11.6. The molecule has 3 saturated carbocycles. The molecule has 0 amide bonds. The number of hydrogen-bond acceptors (Lipinski definition) is 3. The van der Waals surface area contributed by atoms with E-state index in [1.54, 1.807) is 13.0 Å². The molecule has 0 aliphatic heterocycles. The van der Waals surface area contributed by atoms with Crippen LogP contribution in [0.1, 0.15) is 32.6 Å². The van der Waals surface area contributed by atoms with E-state index in [0.29, 0.717) is 6.42 Å². The summed E-state index contributed by atoms with van der Waals surface area (Å²) in [6.07, 6.45) is 6.03. The van der Waals surface area contributed by atoms with Crippen LogP contribution in [0.15, 0.2) is 12.2 Å². The van der Waals surface area contributed by atoms with Gasteiger partial charge in [0.15, 0.2) is 5.78 Å². The molecule has 0 saturated heterocycles. The molecule has 0 heterocycles.